The van der Waals surface area contributed by atoms with E-state index in [1.165, 1.54) is 5.56 Å². The van der Waals surface area contributed by atoms with E-state index in [-0.39, 0.29) is 0 Å². The first-order valence-corrected chi connectivity index (χ1v) is 5.89. The van der Waals surface area contributed by atoms with Crippen molar-refractivity contribution in [1.82, 2.24) is 0 Å². The molecule has 0 aliphatic carbocycles. The van der Waals surface area contributed by atoms with Crippen molar-refractivity contribution in [2.24, 2.45) is 0 Å². The van der Waals surface area contributed by atoms with Gasteiger partial charge in [-0.05, 0) is 42.2 Å². The van der Waals surface area contributed by atoms with Crippen LogP contribution >= 0.6 is 0 Å². The van der Waals surface area contributed by atoms with Crippen molar-refractivity contribution in [2.75, 3.05) is 0 Å². The lowest BCUT2D eigenvalue weighted by Crippen LogP contribution is -1.89. The molecule has 0 amide bonds. The van der Waals surface area contributed by atoms with Crippen molar-refractivity contribution in [2.45, 2.75) is 13.8 Å². The fraction of sp³-hybridized carbons (Fsp3) is 0.118. The van der Waals surface area contributed by atoms with Gasteiger partial charge in [-0.25, -0.2) is 0 Å². The Morgan fingerprint density at radius 1 is 1.11 bits per heavy atom. The van der Waals surface area contributed by atoms with Crippen LogP contribution in [0.1, 0.15) is 23.6 Å². The van der Waals surface area contributed by atoms with Crippen LogP contribution in [0.3, 0.4) is 0 Å². The molecule has 0 bridgehead atoms. The zero-order chi connectivity index (χ0) is 13.1. The third-order valence-corrected chi connectivity index (χ3v) is 3.06. The second kappa shape index (κ2) is 4.89. The molecule has 0 atom stereocenters. The van der Waals surface area contributed by atoms with Gasteiger partial charge in [0.25, 0.3) is 0 Å². The molecule has 0 unspecified atom stereocenters. The molecule has 0 spiro atoms. The molecule has 18 heavy (non-hydrogen) atoms. The number of rotatable bonds is 2. The summed E-state index contributed by atoms with van der Waals surface area (Å²) in [6.07, 6.45) is 0. The second-order valence-corrected chi connectivity index (χ2v) is 4.47. The zero-order valence-electron chi connectivity index (χ0n) is 10.7. The molecule has 1 heteroatoms. The summed E-state index contributed by atoms with van der Waals surface area (Å²) in [4.78, 5) is 0. The molecule has 0 saturated heterocycles. The van der Waals surface area contributed by atoms with E-state index in [1.54, 1.807) is 0 Å². The van der Waals surface area contributed by atoms with Crippen LogP contribution in [-0.2, 0) is 0 Å². The van der Waals surface area contributed by atoms with Crippen molar-refractivity contribution in [3.8, 4) is 17.2 Å². The molecule has 0 saturated carbocycles. The van der Waals surface area contributed by atoms with Gasteiger partial charge < -0.3 is 0 Å². The van der Waals surface area contributed by atoms with Gasteiger partial charge >= 0.3 is 0 Å². The van der Waals surface area contributed by atoms with Crippen molar-refractivity contribution in [3.63, 3.8) is 0 Å². The van der Waals surface area contributed by atoms with Gasteiger partial charge in [-0.1, -0.05) is 48.6 Å². The van der Waals surface area contributed by atoms with Gasteiger partial charge in [0, 0.05) is 0 Å². The molecule has 0 N–H and O–H groups in total. The number of hydrogen-bond acceptors (Lipinski definition) is 1. The van der Waals surface area contributed by atoms with Crippen molar-refractivity contribution < 1.29 is 0 Å². The molecule has 2 aromatic rings. The van der Waals surface area contributed by atoms with Crippen LogP contribution in [0.2, 0.25) is 0 Å². The summed E-state index contributed by atoms with van der Waals surface area (Å²) < 4.78 is 0. The molecule has 0 aromatic heterocycles. The standard InChI is InChI=1S/C17H15N/c1-12(2)14-8-9-16(13(3)10-14)17-7-5-4-6-15(17)11-18/h4-10H,1H2,2-3H3. The van der Waals surface area contributed by atoms with Gasteiger partial charge in [-0.2, -0.15) is 5.26 Å². The average Bonchev–Trinajstić information content (AvgIpc) is 2.38. The Bertz CT molecular complexity index is 645. The lowest BCUT2D eigenvalue weighted by Gasteiger charge is -2.10. The lowest BCUT2D eigenvalue weighted by molar-refractivity contribution is 1.41. The van der Waals surface area contributed by atoms with Crippen LogP contribution in [0, 0.1) is 18.3 Å². The number of aryl methyl sites for hydroxylation is 1. The van der Waals surface area contributed by atoms with E-state index in [1.807, 2.05) is 31.2 Å². The quantitative estimate of drug-likeness (QED) is 0.745. The van der Waals surface area contributed by atoms with Crippen molar-refractivity contribution in [1.29, 1.82) is 5.26 Å². The SMILES string of the molecule is C=C(C)c1ccc(-c2ccccc2C#N)c(C)c1. The molecule has 0 aliphatic rings. The van der Waals surface area contributed by atoms with Crippen LogP contribution < -0.4 is 0 Å². The summed E-state index contributed by atoms with van der Waals surface area (Å²) in [6.45, 7) is 8.01. The largest absolute Gasteiger partial charge is 0.192 e. The van der Waals surface area contributed by atoms with Crippen molar-refractivity contribution in [3.05, 3.63) is 65.7 Å². The van der Waals surface area contributed by atoms with Gasteiger partial charge in [-0.15, -0.1) is 0 Å². The van der Waals surface area contributed by atoms with Crippen LogP contribution in [0.5, 0.6) is 0 Å². The fourth-order valence-electron chi connectivity index (χ4n) is 2.05. The Kier molecular flexibility index (Phi) is 3.30. The number of nitriles is 1. The summed E-state index contributed by atoms with van der Waals surface area (Å²) in [5.41, 5.74) is 6.17. The highest BCUT2D eigenvalue weighted by molar-refractivity contribution is 5.75. The zero-order valence-corrected chi connectivity index (χ0v) is 10.7. The summed E-state index contributed by atoms with van der Waals surface area (Å²) in [6, 6.07) is 16.2. The summed E-state index contributed by atoms with van der Waals surface area (Å²) in [5, 5.41) is 9.15. The third-order valence-electron chi connectivity index (χ3n) is 3.06. The number of nitrogens with zero attached hydrogens (tertiary/aromatic N) is 1. The molecule has 0 radical (unpaired) electrons. The smallest absolute Gasteiger partial charge is 0.0998 e. The maximum absolute atomic E-state index is 9.15. The minimum absolute atomic E-state index is 0.712. The monoisotopic (exact) mass is 233 g/mol. The minimum atomic E-state index is 0.712. The Labute approximate surface area is 108 Å². The number of allylic oxidation sites excluding steroid dienone is 1. The van der Waals surface area contributed by atoms with Gasteiger partial charge in [0.15, 0.2) is 0 Å². The van der Waals surface area contributed by atoms with Gasteiger partial charge in [0.1, 0.15) is 0 Å². The second-order valence-electron chi connectivity index (χ2n) is 4.47. The number of benzene rings is 2. The van der Waals surface area contributed by atoms with Gasteiger partial charge in [-0.3, -0.25) is 0 Å². The van der Waals surface area contributed by atoms with Crippen LogP contribution in [0.4, 0.5) is 0 Å². The molecule has 1 nitrogen and oxygen atoms in total. The third kappa shape index (κ3) is 2.19. The summed E-state index contributed by atoms with van der Waals surface area (Å²) in [5.74, 6) is 0. The Morgan fingerprint density at radius 2 is 1.83 bits per heavy atom. The first-order chi connectivity index (χ1) is 8.63. The van der Waals surface area contributed by atoms with E-state index >= 15 is 0 Å². The van der Waals surface area contributed by atoms with Crippen LogP contribution in [0.15, 0.2) is 49.0 Å². The van der Waals surface area contributed by atoms with E-state index < -0.39 is 0 Å². The van der Waals surface area contributed by atoms with E-state index in [9.17, 15) is 0 Å². The lowest BCUT2D eigenvalue weighted by atomic mass is 9.94. The fourth-order valence-corrected chi connectivity index (χ4v) is 2.05. The highest BCUT2D eigenvalue weighted by Crippen LogP contribution is 2.28. The maximum Gasteiger partial charge on any atom is 0.0998 e. The van der Waals surface area contributed by atoms with Crippen LogP contribution in [0.25, 0.3) is 16.7 Å². The molecule has 0 fully saturated rings. The normalized spacial score (nSPS) is 9.83. The first kappa shape index (κ1) is 12.1. The Balaban J connectivity index is 2.59. The summed E-state index contributed by atoms with van der Waals surface area (Å²) in [7, 11) is 0. The topological polar surface area (TPSA) is 23.8 Å². The summed E-state index contributed by atoms with van der Waals surface area (Å²) >= 11 is 0. The molecule has 88 valence electrons. The molecular weight excluding hydrogens is 218 g/mol. The van der Waals surface area contributed by atoms with E-state index in [0.29, 0.717) is 5.56 Å². The molecular formula is C17H15N. The highest BCUT2D eigenvalue weighted by Gasteiger charge is 2.07. The first-order valence-electron chi connectivity index (χ1n) is 5.89. The van der Waals surface area contributed by atoms with Gasteiger partial charge in [0.05, 0.1) is 11.6 Å². The van der Waals surface area contributed by atoms with E-state index in [4.69, 9.17) is 5.26 Å². The van der Waals surface area contributed by atoms with Gasteiger partial charge in [0.2, 0.25) is 0 Å². The minimum Gasteiger partial charge on any atom is -0.192 e. The highest BCUT2D eigenvalue weighted by atomic mass is 14.2. The Morgan fingerprint density at radius 3 is 2.44 bits per heavy atom. The molecule has 2 aromatic carbocycles. The van der Waals surface area contributed by atoms with Crippen LogP contribution in [-0.4, -0.2) is 0 Å². The predicted molar refractivity (Wildman–Crippen MR) is 76.0 cm³/mol. The molecule has 2 rings (SSSR count). The maximum atomic E-state index is 9.15. The number of hydrogen-bond donors (Lipinski definition) is 0. The van der Waals surface area contributed by atoms with Crippen molar-refractivity contribution >= 4 is 5.57 Å². The average molecular weight is 233 g/mol. The Hall–Kier alpha value is -2.33. The van der Waals surface area contributed by atoms with E-state index in [2.05, 4.69) is 37.8 Å². The molecule has 0 heterocycles. The predicted octanol–water partition coefficient (Wildman–Crippen LogP) is 4.57. The van der Waals surface area contributed by atoms with E-state index in [0.717, 1.165) is 22.3 Å². The molecule has 0 aliphatic heterocycles.